The first-order valence-corrected chi connectivity index (χ1v) is 11.9. The number of thiocarbonyl (C=S) groups is 1. The Bertz CT molecular complexity index is 1250. The Morgan fingerprint density at radius 1 is 0.706 bits per heavy atom. The van der Waals surface area contributed by atoms with Crippen LogP contribution in [0.5, 0.6) is 0 Å². The molecule has 3 N–H and O–H groups in total. The summed E-state index contributed by atoms with van der Waals surface area (Å²) in [6.45, 7) is 0. The maximum Gasteiger partial charge on any atom is 0.242 e. The average Bonchev–Trinajstić information content (AvgIpc) is 2.86. The van der Waals surface area contributed by atoms with Crippen molar-refractivity contribution in [1.29, 1.82) is 0 Å². The summed E-state index contributed by atoms with van der Waals surface area (Å²) in [7, 11) is 0. The van der Waals surface area contributed by atoms with E-state index >= 15 is 0 Å². The van der Waals surface area contributed by atoms with Gasteiger partial charge in [0, 0.05) is 16.3 Å². The van der Waals surface area contributed by atoms with E-state index in [1.165, 1.54) is 17.8 Å². The quantitative estimate of drug-likeness (QED) is 0.192. The molecule has 4 nitrogen and oxygen atoms in total. The molecule has 0 aliphatic rings. The van der Waals surface area contributed by atoms with Gasteiger partial charge in [-0.05, 0) is 66.3 Å². The van der Waals surface area contributed by atoms with Gasteiger partial charge in [-0.15, -0.1) is 11.8 Å². The molecule has 7 heteroatoms. The molecule has 0 spiro atoms. The van der Waals surface area contributed by atoms with E-state index < -0.39 is 11.1 Å². The molecule has 4 rings (SSSR count). The average molecular weight is 488 g/mol. The summed E-state index contributed by atoms with van der Waals surface area (Å²) in [5.74, 6) is -0.764. The molecule has 0 saturated heterocycles. The molecule has 0 radical (unpaired) electrons. The summed E-state index contributed by atoms with van der Waals surface area (Å²) in [6.07, 6.45) is 0. The third kappa shape index (κ3) is 6.43. The van der Waals surface area contributed by atoms with E-state index in [2.05, 4.69) is 16.0 Å². The van der Waals surface area contributed by atoms with Crippen molar-refractivity contribution in [3.63, 3.8) is 0 Å². The normalized spacial score (nSPS) is 11.3. The third-order valence-electron chi connectivity index (χ3n) is 4.87. The molecule has 34 heavy (non-hydrogen) atoms. The number of thioether (sulfide) groups is 1. The van der Waals surface area contributed by atoms with Gasteiger partial charge in [-0.2, -0.15) is 0 Å². The smallest absolute Gasteiger partial charge is 0.242 e. The Kier molecular flexibility index (Phi) is 7.91. The van der Waals surface area contributed by atoms with E-state index in [4.69, 9.17) is 12.2 Å². The highest BCUT2D eigenvalue weighted by Crippen LogP contribution is 2.37. The minimum Gasteiger partial charge on any atom is -0.332 e. The molecule has 0 bridgehead atoms. The molecule has 4 aromatic carbocycles. The first kappa shape index (κ1) is 23.5. The zero-order chi connectivity index (χ0) is 23.8. The lowest BCUT2D eigenvalue weighted by atomic mass is 10.1. The number of para-hydroxylation sites is 2. The first-order chi connectivity index (χ1) is 16.6. The second-order valence-corrected chi connectivity index (χ2v) is 8.93. The number of hydrogen-bond donors (Lipinski definition) is 3. The number of amides is 1. The minimum absolute atomic E-state index is 0.160. The molecule has 0 aliphatic carbocycles. The molecule has 4 aromatic rings. The van der Waals surface area contributed by atoms with Crippen molar-refractivity contribution in [1.82, 2.24) is 0 Å². The van der Waals surface area contributed by atoms with Crippen LogP contribution >= 0.6 is 24.0 Å². The van der Waals surface area contributed by atoms with Crippen LogP contribution in [-0.4, -0.2) is 11.0 Å². The number of anilines is 3. The Labute approximate surface area is 207 Å². The fourth-order valence-corrected chi connectivity index (χ4v) is 4.49. The van der Waals surface area contributed by atoms with Gasteiger partial charge >= 0.3 is 0 Å². The molecular formula is C27H22FN3OS2. The molecular weight excluding hydrogens is 465 g/mol. The topological polar surface area (TPSA) is 53.2 Å². The lowest BCUT2D eigenvalue weighted by Crippen LogP contribution is -2.20. The van der Waals surface area contributed by atoms with E-state index in [0.29, 0.717) is 5.11 Å². The lowest BCUT2D eigenvalue weighted by Gasteiger charge is -2.18. The second kappa shape index (κ2) is 11.4. The summed E-state index contributed by atoms with van der Waals surface area (Å²) in [5.41, 5.74) is 2.72. The Morgan fingerprint density at radius 3 is 1.91 bits per heavy atom. The zero-order valence-corrected chi connectivity index (χ0v) is 19.7. The van der Waals surface area contributed by atoms with Crippen molar-refractivity contribution in [2.24, 2.45) is 0 Å². The molecule has 1 amide bonds. The minimum atomic E-state index is -0.555. The molecule has 0 heterocycles. The maximum atomic E-state index is 14.1. The predicted molar refractivity (Wildman–Crippen MR) is 143 cm³/mol. The lowest BCUT2D eigenvalue weighted by molar-refractivity contribution is -0.115. The van der Waals surface area contributed by atoms with Gasteiger partial charge in [-0.1, -0.05) is 60.7 Å². The molecule has 170 valence electrons. The second-order valence-electron chi connectivity index (χ2n) is 7.35. The van der Waals surface area contributed by atoms with E-state index in [9.17, 15) is 9.18 Å². The summed E-state index contributed by atoms with van der Waals surface area (Å²) in [4.78, 5) is 14.0. The molecule has 0 fully saturated rings. The number of carbonyl (C=O) groups excluding carboxylic acids is 1. The van der Waals surface area contributed by atoms with Gasteiger partial charge in [0.15, 0.2) is 5.11 Å². The highest BCUT2D eigenvalue weighted by atomic mass is 32.2. The molecule has 0 saturated carbocycles. The summed E-state index contributed by atoms with van der Waals surface area (Å²) in [5, 5.41) is 8.93. The molecule has 0 aromatic heterocycles. The number of nitrogens with one attached hydrogen (secondary N) is 3. The standard InChI is InChI=1S/C27H22FN3OS2/c28-23-13-7-8-14-24(23)31-26(32)25(19-9-3-1-4-10-19)34-22-17-15-21(16-18-22)30-27(33)29-20-11-5-2-6-12-20/h1-18,25H,(H,31,32)(H2,29,30,33). The Hall–Kier alpha value is -3.68. The number of rotatable bonds is 7. The van der Waals surface area contributed by atoms with Crippen molar-refractivity contribution < 1.29 is 9.18 Å². The first-order valence-electron chi connectivity index (χ1n) is 10.6. The highest BCUT2D eigenvalue weighted by molar-refractivity contribution is 8.00. The van der Waals surface area contributed by atoms with Gasteiger partial charge in [-0.3, -0.25) is 4.79 Å². The summed E-state index contributed by atoms with van der Waals surface area (Å²) >= 11 is 6.78. The van der Waals surface area contributed by atoms with Crippen molar-refractivity contribution in [3.8, 4) is 0 Å². The van der Waals surface area contributed by atoms with Crippen LogP contribution in [0.3, 0.4) is 0 Å². The monoisotopic (exact) mass is 487 g/mol. The Balaban J connectivity index is 1.45. The number of benzene rings is 4. The van der Waals surface area contributed by atoms with Gasteiger partial charge in [0.05, 0.1) is 5.69 Å². The van der Waals surface area contributed by atoms with Crippen LogP contribution in [0.25, 0.3) is 0 Å². The highest BCUT2D eigenvalue weighted by Gasteiger charge is 2.23. The predicted octanol–water partition coefficient (Wildman–Crippen LogP) is 7.11. The van der Waals surface area contributed by atoms with Gasteiger partial charge in [0.1, 0.15) is 11.1 Å². The van der Waals surface area contributed by atoms with E-state index in [1.807, 2.05) is 84.9 Å². The number of halogens is 1. The largest absolute Gasteiger partial charge is 0.332 e. The number of carbonyl (C=O) groups is 1. The van der Waals surface area contributed by atoms with Crippen LogP contribution < -0.4 is 16.0 Å². The SMILES string of the molecule is O=C(Nc1ccccc1F)C(Sc1ccc(NC(=S)Nc2ccccc2)cc1)c1ccccc1. The fourth-order valence-electron chi connectivity index (χ4n) is 3.23. The summed E-state index contributed by atoms with van der Waals surface area (Å²) in [6, 6.07) is 32.9. The van der Waals surface area contributed by atoms with Gasteiger partial charge in [-0.25, -0.2) is 4.39 Å². The zero-order valence-electron chi connectivity index (χ0n) is 18.1. The summed E-state index contributed by atoms with van der Waals surface area (Å²) < 4.78 is 14.1. The van der Waals surface area contributed by atoms with Crippen LogP contribution in [-0.2, 0) is 4.79 Å². The van der Waals surface area contributed by atoms with Crippen molar-refractivity contribution in [2.75, 3.05) is 16.0 Å². The third-order valence-corrected chi connectivity index (χ3v) is 6.34. The van der Waals surface area contributed by atoms with E-state index in [1.54, 1.807) is 18.2 Å². The van der Waals surface area contributed by atoms with Crippen LogP contribution in [0.2, 0.25) is 0 Å². The molecule has 1 atom stereocenters. The fraction of sp³-hybridized carbons (Fsp3) is 0.0370. The van der Waals surface area contributed by atoms with Crippen LogP contribution in [0.15, 0.2) is 114 Å². The van der Waals surface area contributed by atoms with Crippen molar-refractivity contribution in [2.45, 2.75) is 10.1 Å². The van der Waals surface area contributed by atoms with Crippen molar-refractivity contribution in [3.05, 3.63) is 121 Å². The van der Waals surface area contributed by atoms with Crippen LogP contribution in [0, 0.1) is 5.82 Å². The van der Waals surface area contributed by atoms with Crippen molar-refractivity contribution >= 4 is 52.1 Å². The van der Waals surface area contributed by atoms with Gasteiger partial charge in [0.25, 0.3) is 0 Å². The maximum absolute atomic E-state index is 14.1. The number of hydrogen-bond acceptors (Lipinski definition) is 3. The van der Waals surface area contributed by atoms with E-state index in [0.717, 1.165) is 21.8 Å². The molecule has 1 unspecified atom stereocenters. The van der Waals surface area contributed by atoms with Crippen LogP contribution in [0.4, 0.5) is 21.5 Å². The van der Waals surface area contributed by atoms with Crippen LogP contribution in [0.1, 0.15) is 10.8 Å². The van der Waals surface area contributed by atoms with Gasteiger partial charge in [0.2, 0.25) is 5.91 Å². The Morgan fingerprint density at radius 2 is 1.26 bits per heavy atom. The van der Waals surface area contributed by atoms with E-state index in [-0.39, 0.29) is 11.6 Å². The van der Waals surface area contributed by atoms with Gasteiger partial charge < -0.3 is 16.0 Å². The molecule has 0 aliphatic heterocycles.